The van der Waals surface area contributed by atoms with Gasteiger partial charge in [0.05, 0.1) is 22.8 Å². The molecule has 1 saturated heterocycles. The number of aromatic nitrogens is 1. The molecule has 0 saturated carbocycles. The van der Waals surface area contributed by atoms with Gasteiger partial charge in [-0.3, -0.25) is 4.98 Å². The van der Waals surface area contributed by atoms with Crippen LogP contribution in [-0.2, 0) is 15.7 Å². The highest BCUT2D eigenvalue weighted by atomic mass is 16.7. The van der Waals surface area contributed by atoms with Crippen LogP contribution < -0.4 is 5.46 Å². The van der Waals surface area contributed by atoms with Crippen LogP contribution in [0, 0.1) is 17.2 Å². The van der Waals surface area contributed by atoms with Crippen molar-refractivity contribution in [1.82, 2.24) is 4.98 Å². The van der Waals surface area contributed by atoms with E-state index in [-0.39, 0.29) is 0 Å². The van der Waals surface area contributed by atoms with Crippen LogP contribution in [0.5, 0.6) is 0 Å². The van der Waals surface area contributed by atoms with Crippen molar-refractivity contribution in [2.45, 2.75) is 59.2 Å². The van der Waals surface area contributed by atoms with Crippen LogP contribution in [0.15, 0.2) is 12.3 Å². The van der Waals surface area contributed by atoms with Gasteiger partial charge in [0.15, 0.2) is 0 Å². The average molecular weight is 286 g/mol. The molecule has 0 radical (unpaired) electrons. The molecule has 2 rings (SSSR count). The third kappa shape index (κ3) is 3.12. The van der Waals surface area contributed by atoms with Gasteiger partial charge in [-0.15, -0.1) is 0 Å². The largest absolute Gasteiger partial charge is 0.497 e. The molecular weight excluding hydrogens is 263 g/mol. The van der Waals surface area contributed by atoms with Crippen molar-refractivity contribution >= 4 is 12.6 Å². The Morgan fingerprint density at radius 3 is 2.29 bits per heavy atom. The van der Waals surface area contributed by atoms with E-state index in [4.69, 9.17) is 9.31 Å². The van der Waals surface area contributed by atoms with Gasteiger partial charge in [-0.1, -0.05) is 13.8 Å². The van der Waals surface area contributed by atoms with E-state index in [1.54, 1.807) is 6.20 Å². The van der Waals surface area contributed by atoms with Crippen molar-refractivity contribution in [1.29, 1.82) is 5.26 Å². The van der Waals surface area contributed by atoms with E-state index in [0.29, 0.717) is 16.9 Å². The molecule has 0 aromatic carbocycles. The fourth-order valence-corrected chi connectivity index (χ4v) is 2.29. The highest BCUT2D eigenvalue weighted by Crippen LogP contribution is 2.36. The Morgan fingerprint density at radius 2 is 1.81 bits per heavy atom. The van der Waals surface area contributed by atoms with Crippen LogP contribution in [-0.4, -0.2) is 23.3 Å². The molecule has 0 N–H and O–H groups in total. The molecule has 112 valence electrons. The van der Waals surface area contributed by atoms with Crippen molar-refractivity contribution in [2.24, 2.45) is 5.92 Å². The minimum Gasteiger partial charge on any atom is -0.399 e. The Balaban J connectivity index is 2.32. The minimum atomic E-state index is -0.537. The third-order valence-electron chi connectivity index (χ3n) is 4.24. The zero-order valence-electron chi connectivity index (χ0n) is 13.7. The number of pyridine rings is 1. The smallest absolute Gasteiger partial charge is 0.399 e. The first kappa shape index (κ1) is 16.0. The first-order valence-corrected chi connectivity index (χ1v) is 7.41. The first-order chi connectivity index (χ1) is 9.66. The van der Waals surface area contributed by atoms with Crippen LogP contribution in [0.25, 0.3) is 0 Å². The Bertz CT molecular complexity index is 560. The SMILES string of the molecule is CC(C)Cc1cc(C#N)c(B2OC(C)(C)C(C)(C)O2)cn1. The third-order valence-corrected chi connectivity index (χ3v) is 4.24. The molecule has 0 atom stereocenters. The molecule has 0 unspecified atom stereocenters. The molecule has 1 fully saturated rings. The summed E-state index contributed by atoms with van der Waals surface area (Å²) in [5.41, 5.74) is 1.40. The van der Waals surface area contributed by atoms with Gasteiger partial charge in [-0.25, -0.2) is 0 Å². The molecule has 1 aromatic rings. The predicted molar refractivity (Wildman–Crippen MR) is 83.2 cm³/mol. The van der Waals surface area contributed by atoms with E-state index in [2.05, 4.69) is 24.9 Å². The van der Waals surface area contributed by atoms with Crippen molar-refractivity contribution in [3.63, 3.8) is 0 Å². The lowest BCUT2D eigenvalue weighted by atomic mass is 9.77. The van der Waals surface area contributed by atoms with Crippen LogP contribution in [0.4, 0.5) is 0 Å². The highest BCUT2D eigenvalue weighted by Gasteiger charge is 2.52. The van der Waals surface area contributed by atoms with Gasteiger partial charge in [0.2, 0.25) is 0 Å². The number of rotatable bonds is 3. The van der Waals surface area contributed by atoms with Gasteiger partial charge in [-0.2, -0.15) is 5.26 Å². The molecule has 0 aliphatic carbocycles. The summed E-state index contributed by atoms with van der Waals surface area (Å²) in [7, 11) is -0.537. The van der Waals surface area contributed by atoms with E-state index in [9.17, 15) is 5.26 Å². The fourth-order valence-electron chi connectivity index (χ4n) is 2.29. The van der Waals surface area contributed by atoms with E-state index in [0.717, 1.165) is 12.1 Å². The second kappa shape index (κ2) is 5.44. The van der Waals surface area contributed by atoms with Crippen molar-refractivity contribution in [2.75, 3.05) is 0 Å². The molecule has 2 heterocycles. The summed E-state index contributed by atoms with van der Waals surface area (Å²) >= 11 is 0. The summed E-state index contributed by atoms with van der Waals surface area (Å²) in [6.45, 7) is 12.3. The zero-order valence-corrected chi connectivity index (χ0v) is 13.7. The van der Waals surface area contributed by atoms with E-state index in [1.165, 1.54) is 0 Å². The molecule has 0 spiro atoms. The lowest BCUT2D eigenvalue weighted by Crippen LogP contribution is -2.41. The van der Waals surface area contributed by atoms with Crippen LogP contribution in [0.1, 0.15) is 52.8 Å². The van der Waals surface area contributed by atoms with E-state index >= 15 is 0 Å². The molecule has 1 aliphatic heterocycles. The van der Waals surface area contributed by atoms with Gasteiger partial charge in [0, 0.05) is 17.4 Å². The van der Waals surface area contributed by atoms with Crippen molar-refractivity contribution in [3.05, 3.63) is 23.5 Å². The lowest BCUT2D eigenvalue weighted by molar-refractivity contribution is 0.00578. The molecule has 5 heteroatoms. The lowest BCUT2D eigenvalue weighted by Gasteiger charge is -2.32. The summed E-state index contributed by atoms with van der Waals surface area (Å²) in [4.78, 5) is 4.46. The highest BCUT2D eigenvalue weighted by molar-refractivity contribution is 6.62. The van der Waals surface area contributed by atoms with Gasteiger partial charge in [-0.05, 0) is 46.1 Å². The standard InChI is InChI=1S/C16H23BN2O2/c1-11(2)7-13-8-12(9-18)14(10-19-13)17-20-15(3,4)16(5,6)21-17/h8,10-11H,7H2,1-6H3. The zero-order chi connectivity index (χ0) is 15.8. The Labute approximate surface area is 127 Å². The molecular formula is C16H23BN2O2. The maximum absolute atomic E-state index is 9.41. The topological polar surface area (TPSA) is 55.1 Å². The summed E-state index contributed by atoms with van der Waals surface area (Å²) in [6, 6.07) is 4.09. The first-order valence-electron chi connectivity index (χ1n) is 7.41. The summed E-state index contributed by atoms with van der Waals surface area (Å²) in [5, 5.41) is 9.41. The number of hydrogen-bond acceptors (Lipinski definition) is 4. The molecule has 0 bridgehead atoms. The van der Waals surface area contributed by atoms with Crippen LogP contribution in [0.2, 0.25) is 0 Å². The molecule has 0 amide bonds. The number of nitrogens with zero attached hydrogens (tertiary/aromatic N) is 2. The van der Waals surface area contributed by atoms with Crippen molar-refractivity contribution in [3.8, 4) is 6.07 Å². The van der Waals surface area contributed by atoms with Gasteiger partial charge < -0.3 is 9.31 Å². The second-order valence-corrected chi connectivity index (χ2v) is 7.06. The summed E-state index contributed by atoms with van der Waals surface area (Å²) in [6.07, 6.45) is 2.58. The monoisotopic (exact) mass is 286 g/mol. The quantitative estimate of drug-likeness (QED) is 0.801. The molecule has 1 aromatic heterocycles. The van der Waals surface area contributed by atoms with Crippen molar-refractivity contribution < 1.29 is 9.31 Å². The number of hydrogen-bond donors (Lipinski definition) is 0. The Kier molecular flexibility index (Phi) is 4.14. The van der Waals surface area contributed by atoms with Crippen LogP contribution in [0.3, 0.4) is 0 Å². The minimum absolute atomic E-state index is 0.416. The molecule has 4 nitrogen and oxygen atoms in total. The van der Waals surface area contributed by atoms with E-state index in [1.807, 2.05) is 33.8 Å². The normalized spacial score (nSPS) is 19.8. The summed E-state index contributed by atoms with van der Waals surface area (Å²) < 4.78 is 12.0. The summed E-state index contributed by atoms with van der Waals surface area (Å²) in [5.74, 6) is 0.506. The van der Waals surface area contributed by atoms with E-state index < -0.39 is 18.3 Å². The van der Waals surface area contributed by atoms with Crippen LogP contribution >= 0.6 is 0 Å². The maximum Gasteiger partial charge on any atom is 0.497 e. The second-order valence-electron chi connectivity index (χ2n) is 7.06. The Morgan fingerprint density at radius 1 is 1.24 bits per heavy atom. The molecule has 1 aliphatic rings. The van der Waals surface area contributed by atoms with Gasteiger partial charge in [0.1, 0.15) is 0 Å². The van der Waals surface area contributed by atoms with Gasteiger partial charge >= 0.3 is 7.12 Å². The van der Waals surface area contributed by atoms with Gasteiger partial charge in [0.25, 0.3) is 0 Å². The number of nitriles is 1. The Hall–Kier alpha value is -1.38. The predicted octanol–water partition coefficient (Wildman–Crippen LogP) is 2.45. The average Bonchev–Trinajstić information content (AvgIpc) is 2.57. The maximum atomic E-state index is 9.41. The molecule has 21 heavy (non-hydrogen) atoms. The fraction of sp³-hybridized carbons (Fsp3) is 0.625.